The first-order valence-electron chi connectivity index (χ1n) is 9.02. The van der Waals surface area contributed by atoms with E-state index in [2.05, 4.69) is 17.6 Å². The molecular formula is C19H26N2O3. The van der Waals surface area contributed by atoms with E-state index in [0.29, 0.717) is 5.69 Å². The molecule has 5 rings (SSSR count). The van der Waals surface area contributed by atoms with Crippen molar-refractivity contribution in [3.05, 3.63) is 18.2 Å². The third-order valence-corrected chi connectivity index (χ3v) is 6.51. The Labute approximate surface area is 142 Å². The van der Waals surface area contributed by atoms with Crippen LogP contribution in [0.1, 0.15) is 45.4 Å². The molecule has 1 unspecified atom stereocenters. The molecule has 1 atom stereocenters. The smallest absolute Gasteiger partial charge is 0.319 e. The fraction of sp³-hybridized carbons (Fsp3) is 0.632. The molecule has 5 nitrogen and oxygen atoms in total. The molecule has 130 valence electrons. The molecule has 0 aliphatic heterocycles. The molecule has 5 heteroatoms. The highest BCUT2D eigenvalue weighted by Gasteiger charge is 2.53. The number of urea groups is 1. The molecule has 4 N–H and O–H groups in total. The number of hydrogen-bond acceptors (Lipinski definition) is 3. The van der Waals surface area contributed by atoms with Gasteiger partial charge in [-0.3, -0.25) is 0 Å². The number of phenols is 2. The van der Waals surface area contributed by atoms with Crippen LogP contribution in [0.2, 0.25) is 0 Å². The van der Waals surface area contributed by atoms with Crippen molar-refractivity contribution in [3.63, 3.8) is 0 Å². The van der Waals surface area contributed by atoms with Crippen molar-refractivity contribution in [2.24, 2.45) is 23.2 Å². The van der Waals surface area contributed by atoms with Gasteiger partial charge < -0.3 is 20.8 Å². The SMILES string of the molecule is CC(NC(=O)Nc1cc(O)cc(O)c1)C12CC3CC(CC(C3)C1)C2. The van der Waals surface area contributed by atoms with E-state index in [1.165, 1.54) is 56.7 Å². The van der Waals surface area contributed by atoms with Gasteiger partial charge in [0.15, 0.2) is 0 Å². The average Bonchev–Trinajstić information content (AvgIpc) is 2.44. The van der Waals surface area contributed by atoms with Gasteiger partial charge in [0.2, 0.25) is 0 Å². The molecule has 4 aliphatic carbocycles. The van der Waals surface area contributed by atoms with Crippen LogP contribution in [0.5, 0.6) is 11.5 Å². The molecule has 1 aromatic rings. The van der Waals surface area contributed by atoms with Gasteiger partial charge in [0.1, 0.15) is 11.5 Å². The van der Waals surface area contributed by atoms with E-state index in [1.807, 2.05) is 0 Å². The second-order valence-electron chi connectivity index (χ2n) is 8.34. The number of carbonyl (C=O) groups is 1. The number of nitrogens with one attached hydrogen (secondary N) is 2. The summed E-state index contributed by atoms with van der Waals surface area (Å²) < 4.78 is 0. The Morgan fingerprint density at radius 3 is 2.04 bits per heavy atom. The molecule has 0 saturated heterocycles. The summed E-state index contributed by atoms with van der Waals surface area (Å²) in [5.41, 5.74) is 0.648. The van der Waals surface area contributed by atoms with Gasteiger partial charge in [0, 0.05) is 29.9 Å². The quantitative estimate of drug-likeness (QED) is 0.680. The first-order chi connectivity index (χ1) is 11.4. The minimum atomic E-state index is -0.275. The number of aromatic hydroxyl groups is 2. The highest BCUT2D eigenvalue weighted by molar-refractivity contribution is 5.90. The minimum Gasteiger partial charge on any atom is -0.508 e. The Balaban J connectivity index is 1.42. The lowest BCUT2D eigenvalue weighted by Crippen LogP contribution is -2.56. The average molecular weight is 330 g/mol. The predicted molar refractivity (Wildman–Crippen MR) is 92.0 cm³/mol. The summed E-state index contributed by atoms with van der Waals surface area (Å²) >= 11 is 0. The van der Waals surface area contributed by atoms with E-state index in [1.54, 1.807) is 0 Å². The molecule has 0 radical (unpaired) electrons. The second-order valence-corrected chi connectivity index (χ2v) is 8.34. The topological polar surface area (TPSA) is 81.6 Å². The van der Waals surface area contributed by atoms with Gasteiger partial charge in [-0.15, -0.1) is 0 Å². The maximum absolute atomic E-state index is 12.4. The van der Waals surface area contributed by atoms with Crippen molar-refractivity contribution in [2.75, 3.05) is 5.32 Å². The predicted octanol–water partition coefficient (Wildman–Crippen LogP) is 3.82. The number of anilines is 1. The molecule has 0 aromatic heterocycles. The van der Waals surface area contributed by atoms with Gasteiger partial charge in [-0.2, -0.15) is 0 Å². The zero-order valence-electron chi connectivity index (χ0n) is 14.1. The Kier molecular flexibility index (Phi) is 3.62. The van der Waals surface area contributed by atoms with Crippen LogP contribution >= 0.6 is 0 Å². The Morgan fingerprint density at radius 2 is 1.54 bits per heavy atom. The Hall–Kier alpha value is -1.91. The lowest BCUT2D eigenvalue weighted by atomic mass is 9.48. The summed E-state index contributed by atoms with van der Waals surface area (Å²) in [7, 11) is 0. The van der Waals surface area contributed by atoms with Crippen molar-refractivity contribution in [3.8, 4) is 11.5 Å². The first-order valence-corrected chi connectivity index (χ1v) is 9.02. The van der Waals surface area contributed by atoms with Crippen LogP contribution in [0.25, 0.3) is 0 Å². The zero-order chi connectivity index (χ0) is 16.9. The number of amides is 2. The highest BCUT2D eigenvalue weighted by atomic mass is 16.3. The van der Waals surface area contributed by atoms with Crippen LogP contribution in [-0.2, 0) is 0 Å². The number of hydrogen-bond donors (Lipinski definition) is 4. The summed E-state index contributed by atoms with van der Waals surface area (Å²) in [5, 5.41) is 24.8. The van der Waals surface area contributed by atoms with E-state index < -0.39 is 0 Å². The first kappa shape index (κ1) is 15.6. The molecule has 2 amide bonds. The normalized spacial score (nSPS) is 34.8. The molecule has 4 saturated carbocycles. The van der Waals surface area contributed by atoms with E-state index in [9.17, 15) is 15.0 Å². The molecule has 24 heavy (non-hydrogen) atoms. The van der Waals surface area contributed by atoms with E-state index >= 15 is 0 Å². The fourth-order valence-corrected chi connectivity index (χ4v) is 5.89. The lowest BCUT2D eigenvalue weighted by molar-refractivity contribution is -0.0679. The van der Waals surface area contributed by atoms with Crippen LogP contribution < -0.4 is 10.6 Å². The van der Waals surface area contributed by atoms with Crippen LogP contribution in [-0.4, -0.2) is 22.3 Å². The number of phenolic OH excluding ortho intramolecular Hbond substituents is 2. The summed E-state index contributed by atoms with van der Waals surface area (Å²) in [5.74, 6) is 2.42. The van der Waals surface area contributed by atoms with Gasteiger partial charge in [0.05, 0.1) is 0 Å². The van der Waals surface area contributed by atoms with Crippen LogP contribution in [0.4, 0.5) is 10.5 Å². The van der Waals surface area contributed by atoms with Gasteiger partial charge in [-0.05, 0) is 68.6 Å². The van der Waals surface area contributed by atoms with Crippen LogP contribution in [0.3, 0.4) is 0 Å². The zero-order valence-corrected chi connectivity index (χ0v) is 14.1. The molecule has 4 aliphatic rings. The van der Waals surface area contributed by atoms with Crippen molar-refractivity contribution in [1.82, 2.24) is 5.32 Å². The van der Waals surface area contributed by atoms with E-state index in [0.717, 1.165) is 17.8 Å². The summed E-state index contributed by atoms with van der Waals surface area (Å²) in [6.07, 6.45) is 7.90. The van der Waals surface area contributed by atoms with Crippen LogP contribution in [0.15, 0.2) is 18.2 Å². The van der Waals surface area contributed by atoms with Crippen molar-refractivity contribution >= 4 is 11.7 Å². The second kappa shape index (κ2) is 5.57. The molecular weight excluding hydrogens is 304 g/mol. The van der Waals surface area contributed by atoms with Crippen LogP contribution in [0, 0.1) is 23.2 Å². The number of carbonyl (C=O) groups excluding carboxylic acids is 1. The molecule has 0 spiro atoms. The molecule has 0 heterocycles. The minimum absolute atomic E-state index is 0.0700. The molecule has 1 aromatic carbocycles. The van der Waals surface area contributed by atoms with E-state index in [4.69, 9.17) is 0 Å². The lowest BCUT2D eigenvalue weighted by Gasteiger charge is -2.59. The third kappa shape index (κ3) is 2.80. The van der Waals surface area contributed by atoms with Gasteiger partial charge in [0.25, 0.3) is 0 Å². The summed E-state index contributed by atoms with van der Waals surface area (Å²) in [6, 6.07) is 3.95. The van der Waals surface area contributed by atoms with E-state index in [-0.39, 0.29) is 29.0 Å². The molecule has 4 fully saturated rings. The monoisotopic (exact) mass is 330 g/mol. The Bertz CT molecular complexity index is 602. The number of benzene rings is 1. The summed E-state index contributed by atoms with van der Waals surface area (Å²) in [6.45, 7) is 2.13. The van der Waals surface area contributed by atoms with Gasteiger partial charge in [-0.1, -0.05) is 0 Å². The molecule has 4 bridgehead atoms. The van der Waals surface area contributed by atoms with Gasteiger partial charge >= 0.3 is 6.03 Å². The number of rotatable bonds is 3. The third-order valence-electron chi connectivity index (χ3n) is 6.51. The Morgan fingerprint density at radius 1 is 1.04 bits per heavy atom. The standard InChI is InChI=1S/C19H26N2O3/c1-11(19-8-12-2-13(9-19)4-14(3-12)10-19)20-18(24)21-15-5-16(22)7-17(23)6-15/h5-7,11-14,22-23H,2-4,8-10H2,1H3,(H2,20,21,24). The highest BCUT2D eigenvalue weighted by Crippen LogP contribution is 2.61. The summed E-state index contributed by atoms with van der Waals surface area (Å²) in [4.78, 5) is 12.4. The maximum Gasteiger partial charge on any atom is 0.319 e. The largest absolute Gasteiger partial charge is 0.508 e. The van der Waals surface area contributed by atoms with Crippen molar-refractivity contribution in [1.29, 1.82) is 0 Å². The maximum atomic E-state index is 12.4. The van der Waals surface area contributed by atoms with Crippen molar-refractivity contribution in [2.45, 2.75) is 51.5 Å². The fourth-order valence-electron chi connectivity index (χ4n) is 5.89. The van der Waals surface area contributed by atoms with Crippen molar-refractivity contribution < 1.29 is 15.0 Å². The van der Waals surface area contributed by atoms with Gasteiger partial charge in [-0.25, -0.2) is 4.79 Å².